The van der Waals surface area contributed by atoms with Gasteiger partial charge in [0.1, 0.15) is 0 Å². The largest absolute Gasteiger partial charge is 0.336 e. The monoisotopic (exact) mass is 152 g/mol. The molecule has 2 rings (SSSR count). The van der Waals surface area contributed by atoms with Crippen LogP contribution in [0.1, 0.15) is 0 Å². The highest BCUT2D eigenvalue weighted by molar-refractivity contribution is 6.60. The van der Waals surface area contributed by atoms with E-state index in [1.54, 1.807) is 24.3 Å². The first-order valence-corrected chi connectivity index (χ1v) is 3.28. The van der Waals surface area contributed by atoms with Crippen molar-refractivity contribution in [3.8, 4) is 0 Å². The molecule has 1 heterocycles. The van der Waals surface area contributed by atoms with Gasteiger partial charge in [0.25, 0.3) is 13.2 Å². The lowest BCUT2D eigenvalue weighted by atomic mass is 9.70. The number of para-hydroxylation sites is 1. The first-order valence-electron chi connectivity index (χ1n) is 3.28. The number of anilines is 1. The highest BCUT2D eigenvalue weighted by Crippen LogP contribution is 2.22. The number of rotatable bonds is 0. The summed E-state index contributed by atoms with van der Waals surface area (Å²) in [5.41, 5.74) is 1.06. The summed E-state index contributed by atoms with van der Waals surface area (Å²) in [5.74, 6) is -2.87. The molecule has 1 nitrogen and oxygen atoms in total. The van der Waals surface area contributed by atoms with Crippen LogP contribution in [0.15, 0.2) is 24.3 Å². The third-order valence-corrected chi connectivity index (χ3v) is 1.60. The lowest BCUT2D eigenvalue weighted by Gasteiger charge is -2.07. The standard InChI is InChI=1S/C7H5BF2N/c9-7(10)8-5-3-1-2-4-6(5)11-7/h1-4,11H. The fraction of sp³-hybridized carbons (Fsp3) is 0.143. The lowest BCUT2D eigenvalue weighted by Crippen LogP contribution is -2.31. The van der Waals surface area contributed by atoms with E-state index in [1.165, 1.54) is 0 Å². The maximum atomic E-state index is 12.6. The van der Waals surface area contributed by atoms with Gasteiger partial charge in [-0.15, -0.1) is 0 Å². The maximum Gasteiger partial charge on any atom is 0.281 e. The van der Waals surface area contributed by atoms with Crippen molar-refractivity contribution in [3.05, 3.63) is 24.3 Å². The minimum atomic E-state index is -2.87. The third-order valence-electron chi connectivity index (χ3n) is 1.60. The molecule has 1 aromatic carbocycles. The number of nitrogens with one attached hydrogen (secondary N) is 1. The Labute approximate surface area is 63.7 Å². The maximum absolute atomic E-state index is 12.6. The van der Waals surface area contributed by atoms with E-state index in [-0.39, 0.29) is 0 Å². The van der Waals surface area contributed by atoms with Gasteiger partial charge in [0.05, 0.1) is 0 Å². The molecule has 0 amide bonds. The van der Waals surface area contributed by atoms with E-state index in [0.717, 1.165) is 7.28 Å². The van der Waals surface area contributed by atoms with E-state index in [0.29, 0.717) is 11.2 Å². The number of fused-ring (bicyclic) bond motifs is 1. The van der Waals surface area contributed by atoms with Gasteiger partial charge >= 0.3 is 0 Å². The van der Waals surface area contributed by atoms with Crippen LogP contribution < -0.4 is 10.8 Å². The van der Waals surface area contributed by atoms with Gasteiger partial charge in [-0.2, -0.15) is 8.78 Å². The Kier molecular flexibility index (Phi) is 1.19. The first-order chi connectivity index (χ1) is 5.17. The van der Waals surface area contributed by atoms with Gasteiger partial charge in [0, 0.05) is 5.69 Å². The predicted octanol–water partition coefficient (Wildman–Crippen LogP) is 0.992. The Morgan fingerprint density at radius 3 is 2.73 bits per heavy atom. The van der Waals surface area contributed by atoms with E-state index in [1.807, 2.05) is 0 Å². The Morgan fingerprint density at radius 2 is 2.00 bits per heavy atom. The summed E-state index contributed by atoms with van der Waals surface area (Å²) < 4.78 is 25.1. The minimum Gasteiger partial charge on any atom is -0.336 e. The van der Waals surface area contributed by atoms with Crippen molar-refractivity contribution in [1.82, 2.24) is 0 Å². The van der Waals surface area contributed by atoms with E-state index in [2.05, 4.69) is 5.32 Å². The van der Waals surface area contributed by atoms with E-state index in [4.69, 9.17) is 0 Å². The van der Waals surface area contributed by atoms with Gasteiger partial charge in [0.15, 0.2) is 0 Å². The summed E-state index contributed by atoms with van der Waals surface area (Å²) in [7, 11) is 0.919. The second-order valence-electron chi connectivity index (χ2n) is 2.48. The highest BCUT2D eigenvalue weighted by Gasteiger charge is 2.37. The Bertz CT molecular complexity index is 261. The van der Waals surface area contributed by atoms with Crippen molar-refractivity contribution >= 4 is 18.4 Å². The molecule has 1 aliphatic heterocycles. The van der Waals surface area contributed by atoms with Crippen LogP contribution in [0, 0.1) is 0 Å². The Morgan fingerprint density at radius 1 is 1.27 bits per heavy atom. The number of hydrogen-bond donors (Lipinski definition) is 1. The first kappa shape index (κ1) is 6.64. The molecule has 0 saturated heterocycles. The van der Waals surface area contributed by atoms with Crippen LogP contribution in [0.25, 0.3) is 0 Å². The van der Waals surface area contributed by atoms with Crippen molar-refractivity contribution in [2.45, 2.75) is 5.95 Å². The molecule has 0 spiro atoms. The lowest BCUT2D eigenvalue weighted by molar-refractivity contribution is 0.129. The SMILES string of the molecule is FC1(F)[B]c2ccccc2N1. The topological polar surface area (TPSA) is 12.0 Å². The minimum absolute atomic E-state index is 0.498. The Hall–Kier alpha value is -1.06. The predicted molar refractivity (Wildman–Crippen MR) is 40.4 cm³/mol. The van der Waals surface area contributed by atoms with Crippen molar-refractivity contribution in [2.75, 3.05) is 5.32 Å². The molecule has 0 unspecified atom stereocenters. The van der Waals surface area contributed by atoms with Crippen LogP contribution in [0.4, 0.5) is 14.5 Å². The quantitative estimate of drug-likeness (QED) is 0.431. The zero-order valence-electron chi connectivity index (χ0n) is 5.64. The molecular weight excluding hydrogens is 147 g/mol. The van der Waals surface area contributed by atoms with E-state index < -0.39 is 5.95 Å². The molecule has 11 heavy (non-hydrogen) atoms. The average Bonchev–Trinajstić information content (AvgIpc) is 2.21. The summed E-state index contributed by atoms with van der Waals surface area (Å²) in [4.78, 5) is 0. The average molecular weight is 152 g/mol. The van der Waals surface area contributed by atoms with Gasteiger partial charge in [-0.1, -0.05) is 23.7 Å². The van der Waals surface area contributed by atoms with E-state index in [9.17, 15) is 8.78 Å². The molecule has 1 N–H and O–H groups in total. The number of alkyl halides is 2. The third kappa shape index (κ3) is 1.08. The molecule has 4 heteroatoms. The van der Waals surface area contributed by atoms with Crippen molar-refractivity contribution in [3.63, 3.8) is 0 Å². The normalized spacial score (nSPS) is 18.4. The molecular formula is C7H5BF2N. The van der Waals surface area contributed by atoms with Gasteiger partial charge < -0.3 is 5.32 Å². The fourth-order valence-corrected chi connectivity index (χ4v) is 1.15. The van der Waals surface area contributed by atoms with Gasteiger partial charge in [0.2, 0.25) is 0 Å². The fourth-order valence-electron chi connectivity index (χ4n) is 1.15. The van der Waals surface area contributed by atoms with Crippen molar-refractivity contribution < 1.29 is 8.78 Å². The Balaban J connectivity index is 2.41. The van der Waals surface area contributed by atoms with Gasteiger partial charge in [-0.25, -0.2) is 0 Å². The summed E-state index contributed by atoms with van der Waals surface area (Å²) in [5, 5.41) is 2.08. The molecule has 1 radical (unpaired) electrons. The molecule has 0 aliphatic carbocycles. The summed E-state index contributed by atoms with van der Waals surface area (Å²) in [6, 6.07) is 6.75. The molecule has 55 valence electrons. The van der Waals surface area contributed by atoms with E-state index >= 15 is 0 Å². The van der Waals surface area contributed by atoms with Crippen molar-refractivity contribution in [2.24, 2.45) is 0 Å². The second-order valence-corrected chi connectivity index (χ2v) is 2.48. The zero-order chi connectivity index (χ0) is 7.90. The van der Waals surface area contributed by atoms with Crippen LogP contribution in [0.5, 0.6) is 0 Å². The number of benzene rings is 1. The molecule has 0 fully saturated rings. The number of hydrogen-bond acceptors (Lipinski definition) is 1. The van der Waals surface area contributed by atoms with Crippen LogP contribution in [-0.4, -0.2) is 13.2 Å². The molecule has 0 saturated carbocycles. The highest BCUT2D eigenvalue weighted by atomic mass is 19.3. The zero-order valence-corrected chi connectivity index (χ0v) is 5.64. The van der Waals surface area contributed by atoms with Crippen LogP contribution in [0.3, 0.4) is 0 Å². The molecule has 1 aliphatic rings. The van der Waals surface area contributed by atoms with Crippen LogP contribution >= 0.6 is 0 Å². The van der Waals surface area contributed by atoms with Gasteiger partial charge in [-0.3, -0.25) is 0 Å². The second kappa shape index (κ2) is 1.97. The van der Waals surface area contributed by atoms with Gasteiger partial charge in [-0.05, 0) is 6.07 Å². The smallest absolute Gasteiger partial charge is 0.281 e. The van der Waals surface area contributed by atoms with Crippen molar-refractivity contribution in [1.29, 1.82) is 0 Å². The molecule has 0 atom stereocenters. The van der Waals surface area contributed by atoms with Crippen LogP contribution in [0.2, 0.25) is 0 Å². The summed E-state index contributed by atoms with van der Waals surface area (Å²) in [6.07, 6.45) is 0. The molecule has 1 aromatic rings. The number of halogens is 2. The summed E-state index contributed by atoms with van der Waals surface area (Å²) >= 11 is 0. The molecule has 0 bridgehead atoms. The van der Waals surface area contributed by atoms with Crippen LogP contribution in [-0.2, 0) is 0 Å². The molecule has 0 aromatic heterocycles. The summed E-state index contributed by atoms with van der Waals surface area (Å²) in [6.45, 7) is 0.